The van der Waals surface area contributed by atoms with Crippen molar-refractivity contribution in [3.63, 3.8) is 0 Å². The molecule has 1 N–H and O–H groups in total. The fourth-order valence-corrected chi connectivity index (χ4v) is 2.02. The number of rotatable bonds is 7. The normalized spacial score (nSPS) is 10.4. The summed E-state index contributed by atoms with van der Waals surface area (Å²) in [5.41, 5.74) is 0.994. The Bertz CT molecular complexity index is 320. The second kappa shape index (κ2) is 7.46. The largest absolute Gasteiger partial charge is 0.384 e. The molecule has 0 atom stereocenters. The van der Waals surface area contributed by atoms with E-state index in [1.165, 1.54) is 0 Å². The van der Waals surface area contributed by atoms with Crippen LogP contribution in [0.3, 0.4) is 0 Å². The fraction of sp³-hybridized carbons (Fsp3) is 0.636. The van der Waals surface area contributed by atoms with Crippen LogP contribution in [0, 0.1) is 6.92 Å². The minimum Gasteiger partial charge on any atom is -0.384 e. The van der Waals surface area contributed by atoms with Crippen molar-refractivity contribution in [3.05, 3.63) is 11.8 Å². The number of aromatic nitrogens is 2. The monoisotopic (exact) mass is 241 g/mol. The van der Waals surface area contributed by atoms with Crippen molar-refractivity contribution in [3.8, 4) is 0 Å². The topological polar surface area (TPSA) is 47.0 Å². The molecule has 0 unspecified atom stereocenters. The SMILES string of the molecule is CCCNc1nc(C)cc(SCCOC)n1. The minimum absolute atomic E-state index is 0.724. The zero-order valence-electron chi connectivity index (χ0n) is 10.1. The van der Waals surface area contributed by atoms with Crippen LogP contribution >= 0.6 is 11.8 Å². The van der Waals surface area contributed by atoms with E-state index in [0.29, 0.717) is 0 Å². The maximum absolute atomic E-state index is 5.01. The number of thioether (sulfide) groups is 1. The highest BCUT2D eigenvalue weighted by Gasteiger charge is 2.02. The minimum atomic E-state index is 0.724. The predicted molar refractivity (Wildman–Crippen MR) is 68.1 cm³/mol. The van der Waals surface area contributed by atoms with Gasteiger partial charge in [0.15, 0.2) is 0 Å². The first-order valence-electron chi connectivity index (χ1n) is 5.47. The first kappa shape index (κ1) is 13.3. The van der Waals surface area contributed by atoms with Gasteiger partial charge in [0, 0.05) is 25.1 Å². The van der Waals surface area contributed by atoms with E-state index in [4.69, 9.17) is 4.74 Å². The second-order valence-electron chi connectivity index (χ2n) is 3.44. The highest BCUT2D eigenvalue weighted by Crippen LogP contribution is 2.17. The Hall–Kier alpha value is -0.810. The molecule has 0 bridgehead atoms. The van der Waals surface area contributed by atoms with Crippen molar-refractivity contribution in [2.24, 2.45) is 0 Å². The Morgan fingerprint density at radius 1 is 1.44 bits per heavy atom. The molecular formula is C11H19N3OS. The lowest BCUT2D eigenvalue weighted by molar-refractivity contribution is 0.218. The van der Waals surface area contributed by atoms with Gasteiger partial charge in [-0.3, -0.25) is 0 Å². The highest BCUT2D eigenvalue weighted by atomic mass is 32.2. The number of hydrogen-bond donors (Lipinski definition) is 1. The van der Waals surface area contributed by atoms with Crippen LogP contribution in [0.5, 0.6) is 0 Å². The number of ether oxygens (including phenoxy) is 1. The van der Waals surface area contributed by atoms with Crippen molar-refractivity contribution < 1.29 is 4.74 Å². The lowest BCUT2D eigenvalue weighted by Gasteiger charge is -2.06. The van der Waals surface area contributed by atoms with E-state index in [1.54, 1.807) is 18.9 Å². The van der Waals surface area contributed by atoms with Gasteiger partial charge in [0.05, 0.1) is 6.61 Å². The average molecular weight is 241 g/mol. The molecule has 0 amide bonds. The number of aryl methyl sites for hydroxylation is 1. The maximum Gasteiger partial charge on any atom is 0.223 e. The number of hydrogen-bond acceptors (Lipinski definition) is 5. The molecule has 0 radical (unpaired) electrons. The Morgan fingerprint density at radius 3 is 2.94 bits per heavy atom. The van der Waals surface area contributed by atoms with Gasteiger partial charge in [-0.25, -0.2) is 9.97 Å². The average Bonchev–Trinajstić information content (AvgIpc) is 2.26. The molecule has 0 saturated heterocycles. The summed E-state index contributed by atoms with van der Waals surface area (Å²) in [6.07, 6.45) is 1.07. The van der Waals surface area contributed by atoms with Gasteiger partial charge in [-0.1, -0.05) is 6.92 Å². The second-order valence-corrected chi connectivity index (χ2v) is 4.55. The van der Waals surface area contributed by atoms with Gasteiger partial charge in [0.1, 0.15) is 5.03 Å². The molecule has 1 aromatic rings. The van der Waals surface area contributed by atoms with Crippen LogP contribution in [0.1, 0.15) is 19.0 Å². The third kappa shape index (κ3) is 4.81. The van der Waals surface area contributed by atoms with Gasteiger partial charge in [0.25, 0.3) is 0 Å². The van der Waals surface area contributed by atoms with E-state index >= 15 is 0 Å². The van der Waals surface area contributed by atoms with E-state index in [-0.39, 0.29) is 0 Å². The van der Waals surface area contributed by atoms with Crippen molar-refractivity contribution in [1.82, 2.24) is 9.97 Å². The lowest BCUT2D eigenvalue weighted by Crippen LogP contribution is -2.05. The van der Waals surface area contributed by atoms with Gasteiger partial charge >= 0.3 is 0 Å². The van der Waals surface area contributed by atoms with Crippen molar-refractivity contribution in [2.75, 3.05) is 31.3 Å². The molecule has 1 aromatic heterocycles. The van der Waals surface area contributed by atoms with Crippen LogP contribution in [-0.4, -0.2) is 36.0 Å². The third-order valence-electron chi connectivity index (χ3n) is 1.90. The number of methoxy groups -OCH3 is 1. The Morgan fingerprint density at radius 2 is 2.25 bits per heavy atom. The third-order valence-corrected chi connectivity index (χ3v) is 2.78. The van der Waals surface area contributed by atoms with Gasteiger partial charge in [0.2, 0.25) is 5.95 Å². The first-order chi connectivity index (χ1) is 7.76. The molecule has 0 aliphatic heterocycles. The number of nitrogens with zero attached hydrogens (tertiary/aromatic N) is 2. The molecule has 5 heteroatoms. The van der Waals surface area contributed by atoms with E-state index in [1.807, 2.05) is 13.0 Å². The molecule has 1 rings (SSSR count). The van der Waals surface area contributed by atoms with Gasteiger partial charge in [-0.2, -0.15) is 0 Å². The standard InChI is InChI=1S/C11H19N3OS/c1-4-5-12-11-13-9(2)8-10(14-11)16-7-6-15-3/h8H,4-7H2,1-3H3,(H,12,13,14). The molecule has 0 spiro atoms. The summed E-state index contributed by atoms with van der Waals surface area (Å²) in [5, 5.41) is 4.20. The molecule has 0 saturated carbocycles. The Balaban J connectivity index is 2.58. The van der Waals surface area contributed by atoms with Crippen molar-refractivity contribution in [2.45, 2.75) is 25.3 Å². The van der Waals surface area contributed by atoms with Crippen LogP contribution < -0.4 is 5.32 Å². The molecule has 1 heterocycles. The van der Waals surface area contributed by atoms with Gasteiger partial charge in [-0.05, 0) is 19.4 Å². The fourth-order valence-electron chi connectivity index (χ4n) is 1.16. The number of anilines is 1. The summed E-state index contributed by atoms with van der Waals surface area (Å²) >= 11 is 1.69. The maximum atomic E-state index is 5.01. The predicted octanol–water partition coefficient (Wildman–Crippen LogP) is 2.35. The van der Waals surface area contributed by atoms with E-state index in [9.17, 15) is 0 Å². The van der Waals surface area contributed by atoms with E-state index < -0.39 is 0 Å². The van der Waals surface area contributed by atoms with Crippen LogP contribution in [0.15, 0.2) is 11.1 Å². The van der Waals surface area contributed by atoms with Crippen LogP contribution in [-0.2, 0) is 4.74 Å². The zero-order valence-corrected chi connectivity index (χ0v) is 10.9. The first-order valence-corrected chi connectivity index (χ1v) is 6.46. The van der Waals surface area contributed by atoms with Gasteiger partial charge in [-0.15, -0.1) is 11.8 Å². The van der Waals surface area contributed by atoms with Gasteiger partial charge < -0.3 is 10.1 Å². The van der Waals surface area contributed by atoms with Crippen molar-refractivity contribution >= 4 is 17.7 Å². The molecular weight excluding hydrogens is 222 g/mol. The van der Waals surface area contributed by atoms with E-state index in [2.05, 4.69) is 22.2 Å². The molecule has 0 fully saturated rings. The molecule has 16 heavy (non-hydrogen) atoms. The highest BCUT2D eigenvalue weighted by molar-refractivity contribution is 7.99. The quantitative estimate of drug-likeness (QED) is 0.451. The summed E-state index contributed by atoms with van der Waals surface area (Å²) < 4.78 is 5.01. The number of nitrogens with one attached hydrogen (secondary N) is 1. The Labute approximate surface area is 101 Å². The van der Waals surface area contributed by atoms with Crippen LogP contribution in [0.4, 0.5) is 5.95 Å². The summed E-state index contributed by atoms with van der Waals surface area (Å²) in [4.78, 5) is 8.76. The smallest absolute Gasteiger partial charge is 0.223 e. The van der Waals surface area contributed by atoms with Crippen molar-refractivity contribution in [1.29, 1.82) is 0 Å². The van der Waals surface area contributed by atoms with Crippen LogP contribution in [0.2, 0.25) is 0 Å². The van der Waals surface area contributed by atoms with Crippen LogP contribution in [0.25, 0.3) is 0 Å². The summed E-state index contributed by atoms with van der Waals surface area (Å²) in [7, 11) is 1.71. The summed E-state index contributed by atoms with van der Waals surface area (Å²) in [6, 6.07) is 2.00. The van der Waals surface area contributed by atoms with E-state index in [0.717, 1.165) is 42.0 Å². The molecule has 4 nitrogen and oxygen atoms in total. The molecule has 0 aromatic carbocycles. The molecule has 0 aliphatic rings. The summed E-state index contributed by atoms with van der Waals surface area (Å²) in [6.45, 7) is 5.76. The zero-order chi connectivity index (χ0) is 11.8. The Kier molecular flexibility index (Phi) is 6.18. The lowest BCUT2D eigenvalue weighted by atomic mass is 10.4. The molecule has 0 aliphatic carbocycles. The summed E-state index contributed by atoms with van der Waals surface area (Å²) in [5.74, 6) is 1.64. The molecule has 90 valence electrons.